The van der Waals surface area contributed by atoms with Crippen molar-refractivity contribution in [3.8, 4) is 5.75 Å². The first-order valence-electron chi connectivity index (χ1n) is 8.11. The molecule has 0 saturated carbocycles. The highest BCUT2D eigenvalue weighted by Gasteiger charge is 2.17. The molecule has 0 aliphatic rings. The van der Waals surface area contributed by atoms with Gasteiger partial charge in [0.25, 0.3) is 0 Å². The number of hydrogen-bond donors (Lipinski definition) is 1. The molecule has 0 aromatic heterocycles. The first kappa shape index (κ1) is 17.1. The van der Waals surface area contributed by atoms with Crippen molar-refractivity contribution in [3.05, 3.63) is 58.7 Å². The van der Waals surface area contributed by atoms with Crippen molar-refractivity contribution >= 4 is 11.5 Å². The van der Waals surface area contributed by atoms with E-state index in [9.17, 15) is 4.79 Å². The van der Waals surface area contributed by atoms with Gasteiger partial charge in [-0.2, -0.15) is 0 Å². The summed E-state index contributed by atoms with van der Waals surface area (Å²) in [7, 11) is 0. The lowest BCUT2D eigenvalue weighted by Crippen LogP contribution is -2.08. The lowest BCUT2D eigenvalue weighted by atomic mass is 9.92. The predicted octanol–water partition coefficient (Wildman–Crippen LogP) is 4.72. The molecule has 0 radical (unpaired) electrons. The van der Waals surface area contributed by atoms with E-state index in [2.05, 4.69) is 20.8 Å². The molecular formula is C20H25NO2. The number of ketones is 1. The van der Waals surface area contributed by atoms with Gasteiger partial charge >= 0.3 is 0 Å². The molecule has 122 valence electrons. The lowest BCUT2D eigenvalue weighted by molar-refractivity contribution is 0.103. The van der Waals surface area contributed by atoms with E-state index in [0.717, 1.165) is 28.9 Å². The van der Waals surface area contributed by atoms with Crippen LogP contribution in [-0.4, -0.2) is 12.4 Å². The van der Waals surface area contributed by atoms with Crippen molar-refractivity contribution in [1.29, 1.82) is 0 Å². The van der Waals surface area contributed by atoms with Crippen LogP contribution in [-0.2, 0) is 0 Å². The Hall–Kier alpha value is -2.29. The van der Waals surface area contributed by atoms with Crippen molar-refractivity contribution in [2.45, 2.75) is 40.0 Å². The third-order valence-electron chi connectivity index (χ3n) is 3.86. The molecule has 23 heavy (non-hydrogen) atoms. The van der Waals surface area contributed by atoms with Gasteiger partial charge in [-0.15, -0.1) is 0 Å². The zero-order chi connectivity index (χ0) is 17.0. The molecule has 2 aromatic rings. The number of ether oxygens (including phenoxy) is 1. The van der Waals surface area contributed by atoms with E-state index in [1.165, 1.54) is 0 Å². The van der Waals surface area contributed by atoms with Crippen LogP contribution in [0, 0.1) is 6.92 Å². The molecule has 0 heterocycles. The normalized spacial score (nSPS) is 10.8. The van der Waals surface area contributed by atoms with Gasteiger partial charge in [0.1, 0.15) is 5.75 Å². The Morgan fingerprint density at radius 2 is 1.83 bits per heavy atom. The molecule has 0 saturated heterocycles. The third-order valence-corrected chi connectivity index (χ3v) is 3.86. The quantitative estimate of drug-likeness (QED) is 0.620. The minimum Gasteiger partial charge on any atom is -0.493 e. The first-order valence-corrected chi connectivity index (χ1v) is 8.11. The molecule has 0 aliphatic heterocycles. The molecule has 0 atom stereocenters. The van der Waals surface area contributed by atoms with E-state index in [1.807, 2.05) is 19.1 Å². The Morgan fingerprint density at radius 1 is 1.17 bits per heavy atom. The molecule has 2 N–H and O–H groups in total. The van der Waals surface area contributed by atoms with Gasteiger partial charge in [-0.05, 0) is 66.8 Å². The molecule has 0 bridgehead atoms. The number of aryl methyl sites for hydroxylation is 1. The Morgan fingerprint density at radius 3 is 2.39 bits per heavy atom. The van der Waals surface area contributed by atoms with Gasteiger partial charge in [-0.3, -0.25) is 4.79 Å². The number of nitrogens with two attached hydrogens (primary N) is 1. The second kappa shape index (κ2) is 7.32. The highest BCUT2D eigenvalue weighted by Crippen LogP contribution is 2.31. The standard InChI is InChI=1S/C20H25NO2/c1-5-10-23-19-11-14(4)18(12-17(19)13(2)3)20(22)15-6-8-16(21)9-7-15/h6-9,11-13H,5,10,21H2,1-4H3. The van der Waals surface area contributed by atoms with Crippen LogP contribution >= 0.6 is 0 Å². The van der Waals surface area contributed by atoms with Gasteiger partial charge in [0.2, 0.25) is 0 Å². The maximum Gasteiger partial charge on any atom is 0.193 e. The molecule has 0 fully saturated rings. The van der Waals surface area contributed by atoms with E-state index >= 15 is 0 Å². The average molecular weight is 311 g/mol. The molecule has 0 aliphatic carbocycles. The molecule has 2 aromatic carbocycles. The van der Waals surface area contributed by atoms with Crippen molar-refractivity contribution in [3.63, 3.8) is 0 Å². The van der Waals surface area contributed by atoms with Crippen LogP contribution in [0.3, 0.4) is 0 Å². The van der Waals surface area contributed by atoms with Gasteiger partial charge in [-0.25, -0.2) is 0 Å². The highest BCUT2D eigenvalue weighted by atomic mass is 16.5. The monoisotopic (exact) mass is 311 g/mol. The molecule has 0 amide bonds. The summed E-state index contributed by atoms with van der Waals surface area (Å²) < 4.78 is 5.86. The lowest BCUT2D eigenvalue weighted by Gasteiger charge is -2.17. The molecule has 0 unspecified atom stereocenters. The number of carbonyl (C=O) groups is 1. The zero-order valence-electron chi connectivity index (χ0n) is 14.3. The van der Waals surface area contributed by atoms with Crippen molar-refractivity contribution in [1.82, 2.24) is 0 Å². The summed E-state index contributed by atoms with van der Waals surface area (Å²) in [5.41, 5.74) is 9.74. The van der Waals surface area contributed by atoms with Crippen LogP contribution < -0.4 is 10.5 Å². The number of rotatable bonds is 6. The summed E-state index contributed by atoms with van der Waals surface area (Å²) in [5, 5.41) is 0. The fraction of sp³-hybridized carbons (Fsp3) is 0.350. The summed E-state index contributed by atoms with van der Waals surface area (Å²) in [6.07, 6.45) is 0.961. The average Bonchev–Trinajstić information content (AvgIpc) is 2.52. The molecule has 0 spiro atoms. The maximum absolute atomic E-state index is 12.8. The fourth-order valence-corrected chi connectivity index (χ4v) is 2.52. The van der Waals surface area contributed by atoms with Crippen molar-refractivity contribution in [2.24, 2.45) is 0 Å². The zero-order valence-corrected chi connectivity index (χ0v) is 14.3. The largest absolute Gasteiger partial charge is 0.493 e. The summed E-state index contributed by atoms with van der Waals surface area (Å²) in [6, 6.07) is 11.0. The third kappa shape index (κ3) is 3.92. The number of anilines is 1. The predicted molar refractivity (Wildman–Crippen MR) is 95.3 cm³/mol. The summed E-state index contributed by atoms with van der Waals surface area (Å²) in [4.78, 5) is 12.8. The Kier molecular flexibility index (Phi) is 5.43. The van der Waals surface area contributed by atoms with E-state index in [1.54, 1.807) is 24.3 Å². The van der Waals surface area contributed by atoms with Gasteiger partial charge in [0.15, 0.2) is 5.78 Å². The van der Waals surface area contributed by atoms with Crippen LogP contribution in [0.2, 0.25) is 0 Å². The Balaban J connectivity index is 2.44. The second-order valence-electron chi connectivity index (χ2n) is 6.16. The van der Waals surface area contributed by atoms with Gasteiger partial charge in [0.05, 0.1) is 6.61 Å². The number of carbonyl (C=O) groups excluding carboxylic acids is 1. The molecule has 3 heteroatoms. The fourth-order valence-electron chi connectivity index (χ4n) is 2.52. The summed E-state index contributed by atoms with van der Waals surface area (Å²) in [6.45, 7) is 8.95. The Bertz CT molecular complexity index is 688. The van der Waals surface area contributed by atoms with E-state index < -0.39 is 0 Å². The maximum atomic E-state index is 12.8. The van der Waals surface area contributed by atoms with Crippen LogP contribution in [0.4, 0.5) is 5.69 Å². The summed E-state index contributed by atoms with van der Waals surface area (Å²) >= 11 is 0. The Labute approximate surface area is 138 Å². The number of hydrogen-bond acceptors (Lipinski definition) is 3. The molecular weight excluding hydrogens is 286 g/mol. The van der Waals surface area contributed by atoms with Crippen molar-refractivity contribution in [2.75, 3.05) is 12.3 Å². The topological polar surface area (TPSA) is 52.3 Å². The van der Waals surface area contributed by atoms with Crippen LogP contribution in [0.5, 0.6) is 5.75 Å². The SMILES string of the molecule is CCCOc1cc(C)c(C(=O)c2ccc(N)cc2)cc1C(C)C. The van der Waals surface area contributed by atoms with Gasteiger partial charge < -0.3 is 10.5 Å². The first-order chi connectivity index (χ1) is 10.9. The van der Waals surface area contributed by atoms with Gasteiger partial charge in [-0.1, -0.05) is 20.8 Å². The van der Waals surface area contributed by atoms with Crippen molar-refractivity contribution < 1.29 is 9.53 Å². The minimum atomic E-state index is 0.0199. The highest BCUT2D eigenvalue weighted by molar-refractivity contribution is 6.10. The number of benzene rings is 2. The van der Waals surface area contributed by atoms with Crippen LogP contribution in [0.15, 0.2) is 36.4 Å². The second-order valence-corrected chi connectivity index (χ2v) is 6.16. The number of nitrogen functional groups attached to an aromatic ring is 1. The van der Waals surface area contributed by atoms with Gasteiger partial charge in [0, 0.05) is 16.8 Å². The van der Waals surface area contributed by atoms with E-state index in [0.29, 0.717) is 23.8 Å². The van der Waals surface area contributed by atoms with E-state index in [4.69, 9.17) is 10.5 Å². The van der Waals surface area contributed by atoms with Crippen LogP contribution in [0.25, 0.3) is 0 Å². The smallest absolute Gasteiger partial charge is 0.193 e. The van der Waals surface area contributed by atoms with Crippen LogP contribution in [0.1, 0.15) is 60.2 Å². The van der Waals surface area contributed by atoms with E-state index in [-0.39, 0.29) is 5.78 Å². The summed E-state index contributed by atoms with van der Waals surface area (Å²) in [5.74, 6) is 1.19. The minimum absolute atomic E-state index is 0.0199. The molecule has 3 nitrogen and oxygen atoms in total. The molecule has 2 rings (SSSR count).